The molecule has 0 saturated carbocycles. The minimum absolute atomic E-state index is 0.141. The van der Waals surface area contributed by atoms with Gasteiger partial charge in [0.25, 0.3) is 5.91 Å². The number of nitrogens with one attached hydrogen (secondary N) is 1. The highest BCUT2D eigenvalue weighted by Crippen LogP contribution is 2.22. The lowest BCUT2D eigenvalue weighted by molar-refractivity contribution is 0.0610. The zero-order valence-corrected chi connectivity index (χ0v) is 14.3. The molecule has 0 spiro atoms. The van der Waals surface area contributed by atoms with E-state index in [9.17, 15) is 9.90 Å². The first-order valence-corrected chi connectivity index (χ1v) is 8.10. The highest BCUT2D eigenvalue weighted by atomic mass is 16.5. The molecule has 1 amide bonds. The lowest BCUT2D eigenvalue weighted by Gasteiger charge is -2.11. The number of nitrogens with zero attached hydrogens (tertiary/aromatic N) is 2. The third-order valence-electron chi connectivity index (χ3n) is 3.96. The largest absolute Gasteiger partial charge is 0.389 e. The number of aryl methyl sites for hydroxylation is 1. The van der Waals surface area contributed by atoms with Crippen molar-refractivity contribution in [2.24, 2.45) is 0 Å². The summed E-state index contributed by atoms with van der Waals surface area (Å²) in [6.07, 6.45) is -0.725. The molecule has 2 N–H and O–H groups in total. The number of hydrogen-bond acceptors (Lipinski definition) is 4. The molecule has 3 aromatic rings. The highest BCUT2D eigenvalue weighted by molar-refractivity contribution is 5.97. The average Bonchev–Trinajstić information content (AvgIpc) is 2.95. The van der Waals surface area contributed by atoms with Crippen LogP contribution in [0.4, 0.5) is 0 Å². The van der Waals surface area contributed by atoms with Crippen LogP contribution in [0.5, 0.6) is 0 Å². The van der Waals surface area contributed by atoms with Gasteiger partial charge in [-0.05, 0) is 37.3 Å². The topological polar surface area (TPSA) is 76.4 Å². The Morgan fingerprint density at radius 3 is 2.76 bits per heavy atom. The quantitative estimate of drug-likeness (QED) is 0.721. The van der Waals surface area contributed by atoms with Crippen LogP contribution in [0.3, 0.4) is 0 Å². The van der Waals surface area contributed by atoms with Crippen LogP contribution in [-0.4, -0.2) is 46.9 Å². The Hall–Kier alpha value is -2.70. The fourth-order valence-electron chi connectivity index (χ4n) is 2.81. The number of amides is 1. The molecule has 6 nitrogen and oxygen atoms in total. The first kappa shape index (κ1) is 17.1. The number of benzene rings is 2. The summed E-state index contributed by atoms with van der Waals surface area (Å²) in [5.41, 5.74) is 3.24. The van der Waals surface area contributed by atoms with Crippen molar-refractivity contribution in [2.45, 2.75) is 13.0 Å². The lowest BCUT2D eigenvalue weighted by Crippen LogP contribution is -2.34. The first-order chi connectivity index (χ1) is 12.1. The number of aromatic nitrogens is 2. The molecule has 0 aliphatic heterocycles. The molecular formula is C19H21N3O3. The van der Waals surface area contributed by atoms with Crippen molar-refractivity contribution < 1.29 is 14.6 Å². The van der Waals surface area contributed by atoms with Crippen LogP contribution in [0.1, 0.15) is 16.2 Å². The molecule has 0 fully saturated rings. The molecule has 1 atom stereocenters. The fourth-order valence-corrected chi connectivity index (χ4v) is 2.81. The molecule has 2 aromatic carbocycles. The van der Waals surface area contributed by atoms with Gasteiger partial charge in [0.15, 0.2) is 0 Å². The van der Waals surface area contributed by atoms with E-state index in [1.807, 2.05) is 43.3 Å². The van der Waals surface area contributed by atoms with Gasteiger partial charge in [-0.2, -0.15) is 0 Å². The summed E-state index contributed by atoms with van der Waals surface area (Å²) in [6.45, 7) is 2.26. The minimum atomic E-state index is -0.725. The number of carbonyl (C=O) groups excluding carboxylic acids is 1. The number of ether oxygens (including phenoxy) is 1. The van der Waals surface area contributed by atoms with E-state index in [2.05, 4.69) is 14.9 Å². The Bertz CT molecular complexity index is 874. The number of hydrogen-bond donors (Lipinski definition) is 2. The third-order valence-corrected chi connectivity index (χ3v) is 3.96. The second-order valence-corrected chi connectivity index (χ2v) is 5.85. The number of para-hydroxylation sites is 1. The van der Waals surface area contributed by atoms with Gasteiger partial charge in [-0.15, -0.1) is 0 Å². The molecule has 0 bridgehead atoms. The number of imidazole rings is 1. The van der Waals surface area contributed by atoms with E-state index in [1.54, 1.807) is 12.1 Å². The predicted octanol–water partition coefficient (Wildman–Crippen LogP) is 2.07. The Morgan fingerprint density at radius 2 is 2.04 bits per heavy atom. The number of methoxy groups -OCH3 is 1. The molecule has 6 heteroatoms. The summed E-state index contributed by atoms with van der Waals surface area (Å²) in [6, 6.07) is 15.4. The van der Waals surface area contributed by atoms with Gasteiger partial charge in [0, 0.05) is 24.9 Å². The van der Waals surface area contributed by atoms with Gasteiger partial charge in [0.05, 0.1) is 23.7 Å². The highest BCUT2D eigenvalue weighted by Gasteiger charge is 2.13. The molecule has 1 aromatic heterocycles. The second kappa shape index (κ2) is 7.46. The summed E-state index contributed by atoms with van der Waals surface area (Å²) >= 11 is 0. The normalized spacial score (nSPS) is 12.3. The van der Waals surface area contributed by atoms with Crippen LogP contribution in [0.15, 0.2) is 48.5 Å². The summed E-state index contributed by atoms with van der Waals surface area (Å²) in [4.78, 5) is 16.8. The van der Waals surface area contributed by atoms with Crippen LogP contribution >= 0.6 is 0 Å². The SMILES string of the molecule is COCC(O)CNC(=O)c1ccc2c(c1)nc(C)n2-c1ccccc1. The zero-order valence-electron chi connectivity index (χ0n) is 14.3. The van der Waals surface area contributed by atoms with Gasteiger partial charge in [-0.1, -0.05) is 18.2 Å². The Labute approximate surface area is 146 Å². The molecule has 130 valence electrons. The van der Waals surface area contributed by atoms with Crippen molar-refractivity contribution in [3.63, 3.8) is 0 Å². The predicted molar refractivity (Wildman–Crippen MR) is 96.0 cm³/mol. The van der Waals surface area contributed by atoms with Gasteiger partial charge >= 0.3 is 0 Å². The first-order valence-electron chi connectivity index (χ1n) is 8.10. The molecule has 0 aliphatic rings. The minimum Gasteiger partial charge on any atom is -0.389 e. The van der Waals surface area contributed by atoms with Crippen LogP contribution in [0, 0.1) is 6.92 Å². The molecule has 0 radical (unpaired) electrons. The van der Waals surface area contributed by atoms with Crippen molar-refractivity contribution in [1.82, 2.24) is 14.9 Å². The molecule has 1 unspecified atom stereocenters. The maximum Gasteiger partial charge on any atom is 0.251 e. The zero-order chi connectivity index (χ0) is 17.8. The average molecular weight is 339 g/mol. The molecule has 1 heterocycles. The number of aliphatic hydroxyl groups excluding tert-OH is 1. The Morgan fingerprint density at radius 1 is 1.28 bits per heavy atom. The van der Waals surface area contributed by atoms with Gasteiger partial charge in [0.2, 0.25) is 0 Å². The van der Waals surface area contributed by atoms with Crippen molar-refractivity contribution in [3.8, 4) is 5.69 Å². The Balaban J connectivity index is 1.85. The smallest absolute Gasteiger partial charge is 0.251 e. The van der Waals surface area contributed by atoms with E-state index in [0.717, 1.165) is 22.5 Å². The lowest BCUT2D eigenvalue weighted by atomic mass is 10.2. The fraction of sp³-hybridized carbons (Fsp3) is 0.263. The number of aliphatic hydroxyl groups is 1. The van der Waals surface area contributed by atoms with Crippen LogP contribution < -0.4 is 5.32 Å². The third kappa shape index (κ3) is 3.70. The standard InChI is InChI=1S/C19H21N3O3/c1-13-21-17-10-14(19(24)20-11-16(23)12-25-2)8-9-18(17)22(13)15-6-4-3-5-7-15/h3-10,16,23H,11-12H2,1-2H3,(H,20,24). The van der Waals surface area contributed by atoms with E-state index in [1.165, 1.54) is 7.11 Å². The van der Waals surface area contributed by atoms with Crippen LogP contribution in [-0.2, 0) is 4.74 Å². The summed E-state index contributed by atoms with van der Waals surface area (Å²) in [5, 5.41) is 12.3. The second-order valence-electron chi connectivity index (χ2n) is 5.85. The monoisotopic (exact) mass is 339 g/mol. The summed E-state index contributed by atoms with van der Waals surface area (Å²) < 4.78 is 6.90. The van der Waals surface area contributed by atoms with Crippen molar-refractivity contribution in [1.29, 1.82) is 0 Å². The van der Waals surface area contributed by atoms with Crippen molar-refractivity contribution >= 4 is 16.9 Å². The van der Waals surface area contributed by atoms with Gasteiger partial charge < -0.3 is 15.2 Å². The van der Waals surface area contributed by atoms with E-state index in [0.29, 0.717) is 5.56 Å². The number of fused-ring (bicyclic) bond motifs is 1. The van der Waals surface area contributed by atoms with Crippen molar-refractivity contribution in [3.05, 3.63) is 59.9 Å². The maximum atomic E-state index is 12.3. The van der Waals surface area contributed by atoms with Crippen LogP contribution in [0.2, 0.25) is 0 Å². The van der Waals surface area contributed by atoms with E-state index < -0.39 is 6.10 Å². The van der Waals surface area contributed by atoms with Crippen LogP contribution in [0.25, 0.3) is 16.7 Å². The Kier molecular flexibility index (Phi) is 5.11. The molecule has 25 heavy (non-hydrogen) atoms. The maximum absolute atomic E-state index is 12.3. The number of carbonyl (C=O) groups is 1. The molecular weight excluding hydrogens is 318 g/mol. The van der Waals surface area contributed by atoms with E-state index in [-0.39, 0.29) is 19.1 Å². The van der Waals surface area contributed by atoms with Gasteiger partial charge in [-0.3, -0.25) is 9.36 Å². The molecule has 0 aliphatic carbocycles. The summed E-state index contributed by atoms with van der Waals surface area (Å²) in [5.74, 6) is 0.609. The van der Waals surface area contributed by atoms with Gasteiger partial charge in [-0.25, -0.2) is 4.98 Å². The van der Waals surface area contributed by atoms with Gasteiger partial charge in [0.1, 0.15) is 5.82 Å². The van der Waals surface area contributed by atoms with E-state index >= 15 is 0 Å². The number of rotatable bonds is 6. The van der Waals surface area contributed by atoms with E-state index in [4.69, 9.17) is 4.74 Å². The molecule has 3 rings (SSSR count). The van der Waals surface area contributed by atoms with Crippen molar-refractivity contribution in [2.75, 3.05) is 20.3 Å². The molecule has 0 saturated heterocycles. The summed E-state index contributed by atoms with van der Waals surface area (Å²) in [7, 11) is 1.50.